The van der Waals surface area contributed by atoms with E-state index in [1.54, 1.807) is 23.1 Å². The Morgan fingerprint density at radius 2 is 2.12 bits per heavy atom. The molecule has 0 atom stereocenters. The number of thiocarbonyl (C=S) groups is 1. The molecule has 0 aromatic heterocycles. The number of nitrogens with two attached hydrogens (primary N) is 2. The van der Waals surface area contributed by atoms with Crippen LogP contribution in [0.25, 0.3) is 0 Å². The summed E-state index contributed by atoms with van der Waals surface area (Å²) < 4.78 is 0. The van der Waals surface area contributed by atoms with Crippen LogP contribution < -0.4 is 16.4 Å². The number of nitrogens with zero attached hydrogens (tertiary/aromatic N) is 1. The van der Waals surface area contributed by atoms with Crippen LogP contribution in [0, 0.1) is 0 Å². The Balaban J connectivity index is 3.04. The molecule has 6 heteroatoms. The molecule has 4 N–H and O–H groups in total. The summed E-state index contributed by atoms with van der Waals surface area (Å²) in [5.74, 6) is -0.402. The van der Waals surface area contributed by atoms with E-state index >= 15 is 0 Å². The van der Waals surface area contributed by atoms with Crippen LogP contribution >= 0.6 is 23.8 Å². The minimum absolute atomic E-state index is 0.128. The molecule has 0 fully saturated rings. The van der Waals surface area contributed by atoms with E-state index in [0.29, 0.717) is 17.1 Å². The maximum Gasteiger partial charge on any atom is 0.236 e. The van der Waals surface area contributed by atoms with Gasteiger partial charge in [-0.25, -0.2) is 0 Å². The van der Waals surface area contributed by atoms with Gasteiger partial charge in [0.15, 0.2) is 0 Å². The summed E-state index contributed by atoms with van der Waals surface area (Å²) in [7, 11) is 0. The maximum atomic E-state index is 10.9. The highest BCUT2D eigenvalue weighted by atomic mass is 35.5. The lowest BCUT2D eigenvalue weighted by atomic mass is 10.2. The summed E-state index contributed by atoms with van der Waals surface area (Å²) in [6.45, 7) is 2.68. The van der Waals surface area contributed by atoms with Gasteiger partial charge in [0, 0.05) is 12.1 Å². The molecule has 0 heterocycles. The number of primary amides is 1. The molecule has 1 aromatic carbocycles. The molecule has 0 saturated heterocycles. The van der Waals surface area contributed by atoms with E-state index in [-0.39, 0.29) is 11.5 Å². The SMILES string of the molecule is CCN(CC(N)=O)c1ccc(C(N)=S)cc1Cl. The second-order valence-corrected chi connectivity index (χ2v) is 4.36. The number of anilines is 1. The number of halogens is 1. The summed E-state index contributed by atoms with van der Waals surface area (Å²) in [6, 6.07) is 5.24. The van der Waals surface area contributed by atoms with Crippen molar-refractivity contribution in [2.75, 3.05) is 18.0 Å². The smallest absolute Gasteiger partial charge is 0.236 e. The van der Waals surface area contributed by atoms with Crippen LogP contribution in [-0.4, -0.2) is 24.0 Å². The van der Waals surface area contributed by atoms with E-state index in [0.717, 1.165) is 5.69 Å². The van der Waals surface area contributed by atoms with Crippen LogP contribution in [0.1, 0.15) is 12.5 Å². The first-order valence-electron chi connectivity index (χ1n) is 5.08. The lowest BCUT2D eigenvalue weighted by Gasteiger charge is -2.22. The quantitative estimate of drug-likeness (QED) is 0.792. The van der Waals surface area contributed by atoms with Crippen molar-refractivity contribution in [2.24, 2.45) is 11.5 Å². The average Bonchev–Trinajstić information content (AvgIpc) is 2.25. The summed E-state index contributed by atoms with van der Waals surface area (Å²) in [6.07, 6.45) is 0. The Labute approximate surface area is 111 Å². The lowest BCUT2D eigenvalue weighted by molar-refractivity contribution is -0.116. The molecule has 1 aromatic rings. The van der Waals surface area contributed by atoms with Gasteiger partial charge in [-0.15, -0.1) is 0 Å². The second-order valence-electron chi connectivity index (χ2n) is 3.51. The summed E-state index contributed by atoms with van der Waals surface area (Å²) >= 11 is 11.0. The van der Waals surface area contributed by atoms with Gasteiger partial charge in [-0.1, -0.05) is 23.8 Å². The van der Waals surface area contributed by atoms with E-state index < -0.39 is 5.91 Å². The number of benzene rings is 1. The number of hydrogen-bond acceptors (Lipinski definition) is 3. The van der Waals surface area contributed by atoms with Gasteiger partial charge in [0.05, 0.1) is 17.3 Å². The van der Waals surface area contributed by atoms with Gasteiger partial charge in [-0.3, -0.25) is 4.79 Å². The monoisotopic (exact) mass is 271 g/mol. The van der Waals surface area contributed by atoms with Crippen molar-refractivity contribution < 1.29 is 4.79 Å². The van der Waals surface area contributed by atoms with Gasteiger partial charge in [0.25, 0.3) is 0 Å². The zero-order valence-electron chi connectivity index (χ0n) is 9.44. The van der Waals surface area contributed by atoms with Crippen molar-refractivity contribution in [1.82, 2.24) is 0 Å². The van der Waals surface area contributed by atoms with Gasteiger partial charge in [-0.2, -0.15) is 0 Å². The molecule has 0 bridgehead atoms. The minimum Gasteiger partial charge on any atom is -0.389 e. The second kappa shape index (κ2) is 5.84. The van der Waals surface area contributed by atoms with E-state index in [4.69, 9.17) is 35.3 Å². The number of carbonyl (C=O) groups excluding carboxylic acids is 1. The molecule has 0 aliphatic carbocycles. The fraction of sp³-hybridized carbons (Fsp3) is 0.273. The first-order valence-corrected chi connectivity index (χ1v) is 5.87. The van der Waals surface area contributed by atoms with Crippen LogP contribution in [0.3, 0.4) is 0 Å². The maximum absolute atomic E-state index is 10.9. The highest BCUT2D eigenvalue weighted by Crippen LogP contribution is 2.26. The number of amides is 1. The van der Waals surface area contributed by atoms with Gasteiger partial charge >= 0.3 is 0 Å². The van der Waals surface area contributed by atoms with Gasteiger partial charge < -0.3 is 16.4 Å². The molecular formula is C11H14ClN3OS. The van der Waals surface area contributed by atoms with Gasteiger partial charge in [-0.05, 0) is 25.1 Å². The molecule has 1 rings (SSSR count). The molecular weight excluding hydrogens is 258 g/mol. The normalized spacial score (nSPS) is 10.0. The van der Waals surface area contributed by atoms with Crippen molar-refractivity contribution in [3.8, 4) is 0 Å². The molecule has 0 saturated carbocycles. The van der Waals surface area contributed by atoms with Crippen molar-refractivity contribution in [1.29, 1.82) is 0 Å². The van der Waals surface area contributed by atoms with E-state index in [1.165, 1.54) is 0 Å². The van der Waals surface area contributed by atoms with Crippen LogP contribution in [0.4, 0.5) is 5.69 Å². The number of hydrogen-bond donors (Lipinski definition) is 2. The number of carbonyl (C=O) groups is 1. The van der Waals surface area contributed by atoms with Crippen LogP contribution in [0.15, 0.2) is 18.2 Å². The Morgan fingerprint density at radius 3 is 2.53 bits per heavy atom. The molecule has 0 aliphatic heterocycles. The summed E-state index contributed by atoms with van der Waals surface area (Å²) in [4.78, 5) is 13.0. The molecule has 1 amide bonds. The van der Waals surface area contributed by atoms with Crippen molar-refractivity contribution in [2.45, 2.75) is 6.92 Å². The van der Waals surface area contributed by atoms with Crippen LogP contribution in [0.5, 0.6) is 0 Å². The molecule has 0 aliphatic rings. The van der Waals surface area contributed by atoms with E-state index in [2.05, 4.69) is 0 Å². The third-order valence-electron chi connectivity index (χ3n) is 2.30. The Bertz CT molecular complexity index is 450. The highest BCUT2D eigenvalue weighted by Gasteiger charge is 2.12. The Morgan fingerprint density at radius 1 is 1.47 bits per heavy atom. The van der Waals surface area contributed by atoms with Crippen molar-refractivity contribution >= 4 is 40.4 Å². The first kappa shape index (κ1) is 13.7. The zero-order chi connectivity index (χ0) is 13.0. The molecule has 4 nitrogen and oxygen atoms in total. The molecule has 0 spiro atoms. The van der Waals surface area contributed by atoms with Gasteiger partial charge in [0.2, 0.25) is 5.91 Å². The number of rotatable bonds is 5. The third kappa shape index (κ3) is 3.57. The lowest BCUT2D eigenvalue weighted by Crippen LogP contribution is -2.33. The van der Waals surface area contributed by atoms with Crippen LogP contribution in [0.2, 0.25) is 5.02 Å². The average molecular weight is 272 g/mol. The Kier molecular flexibility index (Phi) is 4.72. The summed E-state index contributed by atoms with van der Waals surface area (Å²) in [5, 5.41) is 0.499. The standard InChI is InChI=1S/C11H14ClN3OS/c1-2-15(6-10(13)16)9-4-3-7(11(14)17)5-8(9)12/h3-5H,2,6H2,1H3,(H2,13,16)(H2,14,17). The van der Waals surface area contributed by atoms with Crippen molar-refractivity contribution in [3.05, 3.63) is 28.8 Å². The van der Waals surface area contributed by atoms with Gasteiger partial charge in [0.1, 0.15) is 4.99 Å². The van der Waals surface area contributed by atoms with E-state index in [1.807, 2.05) is 6.92 Å². The highest BCUT2D eigenvalue weighted by molar-refractivity contribution is 7.80. The predicted octanol–water partition coefficient (Wildman–Crippen LogP) is 1.29. The zero-order valence-corrected chi connectivity index (χ0v) is 11.0. The fourth-order valence-corrected chi connectivity index (χ4v) is 1.90. The Hall–Kier alpha value is -1.33. The molecule has 92 valence electrons. The minimum atomic E-state index is -0.402. The number of likely N-dealkylation sites (N-methyl/N-ethyl adjacent to an activating group) is 1. The largest absolute Gasteiger partial charge is 0.389 e. The summed E-state index contributed by atoms with van der Waals surface area (Å²) in [5.41, 5.74) is 12.1. The molecule has 0 unspecified atom stereocenters. The van der Waals surface area contributed by atoms with Crippen molar-refractivity contribution in [3.63, 3.8) is 0 Å². The van der Waals surface area contributed by atoms with E-state index in [9.17, 15) is 4.79 Å². The molecule has 17 heavy (non-hydrogen) atoms. The topological polar surface area (TPSA) is 72.3 Å². The molecule has 0 radical (unpaired) electrons. The third-order valence-corrected chi connectivity index (χ3v) is 2.84. The fourth-order valence-electron chi connectivity index (χ4n) is 1.47. The predicted molar refractivity (Wildman–Crippen MR) is 74.4 cm³/mol. The first-order chi connectivity index (χ1) is 7.95. The van der Waals surface area contributed by atoms with Crippen LogP contribution in [-0.2, 0) is 4.79 Å².